The fourth-order valence-electron chi connectivity index (χ4n) is 8.41. The first kappa shape index (κ1) is 31.0. The Morgan fingerprint density at radius 2 is 1.24 bits per heavy atom. The van der Waals surface area contributed by atoms with Crippen LogP contribution in [0, 0.1) is 6.92 Å². The summed E-state index contributed by atoms with van der Waals surface area (Å²) in [5.74, 6) is 0. The van der Waals surface area contributed by atoms with Crippen LogP contribution < -0.4 is 21.1 Å². The minimum atomic E-state index is 1.06. The number of anilines is 5. The Morgan fingerprint density at radius 3 is 2.02 bits per heavy atom. The molecule has 0 fully saturated rings. The lowest BCUT2D eigenvalue weighted by Gasteiger charge is -2.30. The molecule has 0 saturated carbocycles. The summed E-state index contributed by atoms with van der Waals surface area (Å²) >= 11 is 1.87. The van der Waals surface area contributed by atoms with Gasteiger partial charge in [-0.1, -0.05) is 114 Å². The maximum absolute atomic E-state index is 3.79. The van der Waals surface area contributed by atoms with Gasteiger partial charge in [0.15, 0.2) is 7.28 Å². The van der Waals surface area contributed by atoms with E-state index in [1.165, 1.54) is 69.7 Å². The molecule has 3 heterocycles. The molecular formula is C49H33BN3S. The second-order valence-corrected chi connectivity index (χ2v) is 15.2. The molecule has 2 aromatic heterocycles. The molecule has 0 unspecified atom stereocenters. The van der Waals surface area contributed by atoms with Crippen molar-refractivity contribution >= 4 is 100.0 Å². The molecule has 54 heavy (non-hydrogen) atoms. The first-order chi connectivity index (χ1) is 26.7. The van der Waals surface area contributed by atoms with E-state index in [2.05, 4.69) is 205 Å². The number of hydrogen-bond acceptors (Lipinski definition) is 3. The van der Waals surface area contributed by atoms with Crippen molar-refractivity contribution in [3.63, 3.8) is 0 Å². The second-order valence-electron chi connectivity index (χ2n) is 14.1. The van der Waals surface area contributed by atoms with E-state index in [1.54, 1.807) is 0 Å². The average molecular weight is 707 g/mol. The third kappa shape index (κ3) is 4.82. The zero-order valence-corrected chi connectivity index (χ0v) is 30.4. The van der Waals surface area contributed by atoms with Gasteiger partial charge in [0, 0.05) is 64.9 Å². The fourth-order valence-corrected chi connectivity index (χ4v) is 9.54. The molecule has 5 heteroatoms. The van der Waals surface area contributed by atoms with Gasteiger partial charge in [-0.2, -0.15) is 0 Å². The highest BCUT2D eigenvalue weighted by atomic mass is 32.1. The molecule has 11 rings (SSSR count). The number of aromatic nitrogens is 1. The molecule has 0 amide bonds. The van der Waals surface area contributed by atoms with Gasteiger partial charge in [0.2, 0.25) is 0 Å². The molecule has 8 aromatic carbocycles. The SMILES string of the molecule is Cc1ccc(Nc2ccccc2-c2cc(N(c3ccccc3)c3ccccc3)c3c4ccccc4n4c3c2[B]c2cc3sc5ccccc5c3cc2-4)cc1. The van der Waals surface area contributed by atoms with Crippen molar-refractivity contribution < 1.29 is 0 Å². The summed E-state index contributed by atoms with van der Waals surface area (Å²) in [4.78, 5) is 2.43. The van der Waals surface area contributed by atoms with E-state index in [4.69, 9.17) is 0 Å². The molecule has 3 nitrogen and oxygen atoms in total. The number of thiophene rings is 1. The van der Waals surface area contributed by atoms with Gasteiger partial charge in [0.25, 0.3) is 0 Å². The van der Waals surface area contributed by atoms with Gasteiger partial charge in [-0.15, -0.1) is 11.3 Å². The van der Waals surface area contributed by atoms with Gasteiger partial charge in [-0.05, 0) is 90.7 Å². The van der Waals surface area contributed by atoms with Crippen LogP contribution in [-0.2, 0) is 0 Å². The number of hydrogen-bond donors (Lipinski definition) is 1. The van der Waals surface area contributed by atoms with Crippen LogP contribution in [-0.4, -0.2) is 11.8 Å². The summed E-state index contributed by atoms with van der Waals surface area (Å²) in [6.07, 6.45) is 0. The molecule has 0 aliphatic carbocycles. The second kappa shape index (κ2) is 12.3. The molecular weight excluding hydrogens is 673 g/mol. The lowest BCUT2D eigenvalue weighted by Crippen LogP contribution is -2.37. The summed E-state index contributed by atoms with van der Waals surface area (Å²) in [7, 11) is 2.44. The van der Waals surface area contributed by atoms with E-state index in [0.717, 1.165) is 34.0 Å². The molecule has 1 aliphatic rings. The highest BCUT2D eigenvalue weighted by molar-refractivity contribution is 7.26. The van der Waals surface area contributed by atoms with E-state index in [0.29, 0.717) is 0 Å². The minimum Gasteiger partial charge on any atom is -0.355 e. The van der Waals surface area contributed by atoms with E-state index < -0.39 is 0 Å². The molecule has 0 saturated heterocycles. The predicted molar refractivity (Wildman–Crippen MR) is 233 cm³/mol. The number of rotatable bonds is 6. The Hall–Kier alpha value is -6.56. The van der Waals surface area contributed by atoms with Gasteiger partial charge in [0.1, 0.15) is 0 Å². The predicted octanol–water partition coefficient (Wildman–Crippen LogP) is 12.3. The number of nitrogens with zero attached hydrogens (tertiary/aromatic N) is 2. The molecule has 10 aromatic rings. The average Bonchev–Trinajstić information content (AvgIpc) is 3.76. The van der Waals surface area contributed by atoms with E-state index >= 15 is 0 Å². The third-order valence-electron chi connectivity index (χ3n) is 10.8. The van der Waals surface area contributed by atoms with Crippen molar-refractivity contribution in [3.05, 3.63) is 181 Å². The zero-order chi connectivity index (χ0) is 35.8. The maximum Gasteiger partial charge on any atom is 0.197 e. The molecule has 0 atom stereocenters. The van der Waals surface area contributed by atoms with Crippen LogP contribution in [0.4, 0.5) is 28.4 Å². The van der Waals surface area contributed by atoms with Gasteiger partial charge < -0.3 is 14.8 Å². The van der Waals surface area contributed by atoms with Crippen molar-refractivity contribution in [2.45, 2.75) is 6.92 Å². The number of aryl methyl sites for hydroxylation is 1. The molecule has 0 bridgehead atoms. The summed E-state index contributed by atoms with van der Waals surface area (Å²) in [6.45, 7) is 2.13. The Labute approximate surface area is 318 Å². The fraction of sp³-hybridized carbons (Fsp3) is 0.0204. The minimum absolute atomic E-state index is 1.06. The summed E-state index contributed by atoms with van der Waals surface area (Å²) in [5, 5.41) is 8.87. The van der Waals surface area contributed by atoms with Crippen LogP contribution in [0.2, 0.25) is 0 Å². The van der Waals surface area contributed by atoms with Gasteiger partial charge >= 0.3 is 0 Å². The van der Waals surface area contributed by atoms with Gasteiger partial charge in [-0.3, -0.25) is 0 Å². The van der Waals surface area contributed by atoms with Crippen LogP contribution in [0.5, 0.6) is 0 Å². The summed E-state index contributed by atoms with van der Waals surface area (Å²) in [5.41, 5.74) is 15.1. The topological polar surface area (TPSA) is 20.2 Å². The Kier molecular flexibility index (Phi) is 7.04. The van der Waals surface area contributed by atoms with Crippen molar-refractivity contribution in [1.29, 1.82) is 0 Å². The summed E-state index contributed by atoms with van der Waals surface area (Å²) < 4.78 is 5.16. The van der Waals surface area contributed by atoms with Gasteiger partial charge in [-0.25, -0.2) is 0 Å². The van der Waals surface area contributed by atoms with Crippen molar-refractivity contribution in [2.75, 3.05) is 10.2 Å². The Balaban J connectivity index is 1.28. The van der Waals surface area contributed by atoms with Crippen LogP contribution in [0.1, 0.15) is 5.56 Å². The highest BCUT2D eigenvalue weighted by Gasteiger charge is 2.31. The number of fused-ring (bicyclic) bond motifs is 8. The first-order valence-corrected chi connectivity index (χ1v) is 19.3. The lowest BCUT2D eigenvalue weighted by molar-refractivity contribution is 1.20. The Morgan fingerprint density at radius 1 is 0.574 bits per heavy atom. The van der Waals surface area contributed by atoms with Crippen LogP contribution in [0.25, 0.3) is 58.8 Å². The zero-order valence-electron chi connectivity index (χ0n) is 29.6. The van der Waals surface area contributed by atoms with Gasteiger partial charge in [0.05, 0.1) is 16.7 Å². The number of nitrogens with one attached hydrogen (secondary N) is 1. The monoisotopic (exact) mass is 706 g/mol. The first-order valence-electron chi connectivity index (χ1n) is 18.4. The molecule has 1 radical (unpaired) electrons. The standard InChI is InChI=1S/C49H33BN3S/c1-31-24-26-32(27-25-31)51-41-21-11-8-18-35(41)39-29-44(52(33-14-4-2-5-15-33)34-16-6-3-7-17-34)47-37-20-9-12-22-42(37)53-43-28-38-36-19-10-13-23-45(36)54-46(38)30-40(43)50-48(39)49(47)53/h2-30,51H,1H3. The van der Waals surface area contributed by atoms with E-state index in [-0.39, 0.29) is 0 Å². The smallest absolute Gasteiger partial charge is 0.197 e. The maximum atomic E-state index is 3.79. The lowest BCUT2D eigenvalue weighted by atomic mass is 9.59. The molecule has 1 N–H and O–H groups in total. The highest BCUT2D eigenvalue weighted by Crippen LogP contribution is 2.47. The van der Waals surface area contributed by atoms with Crippen LogP contribution >= 0.6 is 11.3 Å². The quantitative estimate of drug-likeness (QED) is 0.174. The normalized spacial score (nSPS) is 11.9. The summed E-state index contributed by atoms with van der Waals surface area (Å²) in [6, 6.07) is 64.0. The van der Waals surface area contributed by atoms with E-state index in [9.17, 15) is 0 Å². The van der Waals surface area contributed by atoms with Crippen molar-refractivity contribution in [2.24, 2.45) is 0 Å². The van der Waals surface area contributed by atoms with E-state index in [1.807, 2.05) is 11.3 Å². The van der Waals surface area contributed by atoms with Crippen LogP contribution in [0.15, 0.2) is 176 Å². The van der Waals surface area contributed by atoms with Crippen LogP contribution in [0.3, 0.4) is 0 Å². The number of benzene rings is 8. The molecule has 1 aliphatic heterocycles. The van der Waals surface area contributed by atoms with Crippen molar-refractivity contribution in [3.8, 4) is 16.8 Å². The molecule has 0 spiro atoms. The molecule has 253 valence electrons. The Bertz CT molecular complexity index is 3010. The number of para-hydroxylation sites is 4. The third-order valence-corrected chi connectivity index (χ3v) is 12.0. The largest absolute Gasteiger partial charge is 0.355 e. The van der Waals surface area contributed by atoms with Crippen molar-refractivity contribution in [1.82, 2.24) is 4.57 Å².